The molecule has 3 aromatic carbocycles. The zero-order chi connectivity index (χ0) is 24.4. The SMILES string of the molecule is COc1ccc(-c2coc3c(C)c(OC)c(/C(C)=C/C(=O)Nc4ccc(C)c(Cl)c4)cc23)cc1. The highest BCUT2D eigenvalue weighted by atomic mass is 35.5. The second-order valence-corrected chi connectivity index (χ2v) is 8.52. The van der Waals surface area contributed by atoms with Crippen molar-refractivity contribution in [2.24, 2.45) is 0 Å². The van der Waals surface area contributed by atoms with E-state index < -0.39 is 0 Å². The van der Waals surface area contributed by atoms with Gasteiger partial charge in [0.25, 0.3) is 0 Å². The van der Waals surface area contributed by atoms with Crippen molar-refractivity contribution in [1.29, 1.82) is 0 Å². The monoisotopic (exact) mass is 475 g/mol. The Hall–Kier alpha value is -3.70. The maximum Gasteiger partial charge on any atom is 0.248 e. The van der Waals surface area contributed by atoms with Crippen molar-refractivity contribution in [3.05, 3.63) is 82.6 Å². The Bertz CT molecular complexity index is 1400. The molecule has 0 unspecified atom stereocenters. The van der Waals surface area contributed by atoms with Crippen molar-refractivity contribution >= 4 is 39.7 Å². The number of hydrogen-bond acceptors (Lipinski definition) is 4. The summed E-state index contributed by atoms with van der Waals surface area (Å²) < 4.78 is 16.9. The molecule has 0 aliphatic rings. The first kappa shape index (κ1) is 23.5. The molecule has 0 aliphatic carbocycles. The summed E-state index contributed by atoms with van der Waals surface area (Å²) in [5.74, 6) is 1.21. The Balaban J connectivity index is 1.74. The topological polar surface area (TPSA) is 60.7 Å². The lowest BCUT2D eigenvalue weighted by atomic mass is 9.96. The Morgan fingerprint density at radius 1 is 1.03 bits per heavy atom. The number of fused-ring (bicyclic) bond motifs is 1. The van der Waals surface area contributed by atoms with Gasteiger partial charge in [0.1, 0.15) is 17.1 Å². The molecule has 174 valence electrons. The van der Waals surface area contributed by atoms with Gasteiger partial charge in [0.05, 0.1) is 20.5 Å². The third kappa shape index (κ3) is 4.52. The summed E-state index contributed by atoms with van der Waals surface area (Å²) in [5, 5.41) is 4.42. The number of aryl methyl sites for hydroxylation is 2. The number of methoxy groups -OCH3 is 2. The summed E-state index contributed by atoms with van der Waals surface area (Å²) in [4.78, 5) is 12.7. The smallest absolute Gasteiger partial charge is 0.248 e. The van der Waals surface area contributed by atoms with Crippen LogP contribution in [-0.2, 0) is 4.79 Å². The lowest BCUT2D eigenvalue weighted by Gasteiger charge is -2.13. The molecule has 0 bridgehead atoms. The predicted octanol–water partition coefficient (Wildman–Crippen LogP) is 7.43. The molecule has 1 N–H and O–H groups in total. The van der Waals surface area contributed by atoms with E-state index in [9.17, 15) is 4.79 Å². The Kier molecular flexibility index (Phi) is 6.66. The second kappa shape index (κ2) is 9.65. The minimum absolute atomic E-state index is 0.250. The summed E-state index contributed by atoms with van der Waals surface area (Å²) in [6.45, 7) is 5.75. The molecule has 34 heavy (non-hydrogen) atoms. The van der Waals surface area contributed by atoms with Crippen LogP contribution in [0.15, 0.2) is 65.3 Å². The number of hydrogen-bond donors (Lipinski definition) is 1. The van der Waals surface area contributed by atoms with Gasteiger partial charge in [-0.2, -0.15) is 0 Å². The van der Waals surface area contributed by atoms with Crippen LogP contribution in [0.2, 0.25) is 5.02 Å². The third-order valence-electron chi connectivity index (χ3n) is 5.86. The number of nitrogens with one attached hydrogen (secondary N) is 1. The molecular weight excluding hydrogens is 450 g/mol. The van der Waals surface area contributed by atoms with Crippen LogP contribution in [0, 0.1) is 13.8 Å². The van der Waals surface area contributed by atoms with E-state index in [0.29, 0.717) is 16.5 Å². The second-order valence-electron chi connectivity index (χ2n) is 8.12. The van der Waals surface area contributed by atoms with Gasteiger partial charge in [0, 0.05) is 38.9 Å². The maximum atomic E-state index is 12.7. The van der Waals surface area contributed by atoms with Gasteiger partial charge >= 0.3 is 0 Å². The van der Waals surface area contributed by atoms with Crippen LogP contribution in [0.1, 0.15) is 23.6 Å². The number of allylic oxidation sites excluding steroid dienone is 1. The lowest BCUT2D eigenvalue weighted by molar-refractivity contribution is -0.111. The van der Waals surface area contributed by atoms with Crippen LogP contribution in [0.4, 0.5) is 5.69 Å². The molecule has 0 saturated heterocycles. The first-order chi connectivity index (χ1) is 16.3. The summed E-state index contributed by atoms with van der Waals surface area (Å²) >= 11 is 6.18. The van der Waals surface area contributed by atoms with Crippen LogP contribution in [-0.4, -0.2) is 20.1 Å². The molecule has 1 amide bonds. The number of carbonyl (C=O) groups excluding carboxylic acids is 1. The fourth-order valence-electron chi connectivity index (χ4n) is 3.99. The number of carbonyl (C=O) groups is 1. The highest BCUT2D eigenvalue weighted by molar-refractivity contribution is 6.31. The van der Waals surface area contributed by atoms with Crippen LogP contribution >= 0.6 is 11.6 Å². The summed E-state index contributed by atoms with van der Waals surface area (Å²) in [6, 6.07) is 15.3. The molecule has 1 heterocycles. The normalized spacial score (nSPS) is 11.5. The molecule has 4 aromatic rings. The number of furan rings is 1. The van der Waals surface area contributed by atoms with Crippen molar-refractivity contribution in [2.45, 2.75) is 20.8 Å². The molecular formula is C28H26ClNO4. The van der Waals surface area contributed by atoms with Crippen LogP contribution in [0.25, 0.3) is 27.7 Å². The van der Waals surface area contributed by atoms with E-state index >= 15 is 0 Å². The van der Waals surface area contributed by atoms with E-state index in [1.807, 2.05) is 63.2 Å². The molecule has 0 atom stereocenters. The molecule has 4 rings (SSSR count). The van der Waals surface area contributed by atoms with Crippen molar-refractivity contribution in [1.82, 2.24) is 0 Å². The number of halogens is 1. The van der Waals surface area contributed by atoms with Crippen LogP contribution in [0.5, 0.6) is 11.5 Å². The van der Waals surface area contributed by atoms with Crippen molar-refractivity contribution < 1.29 is 18.7 Å². The van der Waals surface area contributed by atoms with Gasteiger partial charge in [-0.05, 0) is 67.8 Å². The average molecular weight is 476 g/mol. The minimum Gasteiger partial charge on any atom is -0.497 e. The molecule has 6 heteroatoms. The van der Waals surface area contributed by atoms with E-state index in [1.54, 1.807) is 32.6 Å². The first-order valence-corrected chi connectivity index (χ1v) is 11.2. The van der Waals surface area contributed by atoms with Gasteiger partial charge in [-0.15, -0.1) is 0 Å². The van der Waals surface area contributed by atoms with E-state index in [1.165, 1.54) is 0 Å². The van der Waals surface area contributed by atoms with Gasteiger partial charge < -0.3 is 19.2 Å². The van der Waals surface area contributed by atoms with Gasteiger partial charge in [-0.3, -0.25) is 4.79 Å². The fraction of sp³-hybridized carbons (Fsp3) is 0.179. The quantitative estimate of drug-likeness (QED) is 0.294. The summed E-state index contributed by atoms with van der Waals surface area (Å²) in [7, 11) is 3.26. The average Bonchev–Trinajstić information content (AvgIpc) is 3.25. The fourth-order valence-corrected chi connectivity index (χ4v) is 4.17. The standard InChI is InChI=1S/C28H26ClNO4/c1-16-6-9-20(13-25(16)29)30-26(31)12-17(2)22-14-23-24(19-7-10-21(32-4)11-8-19)15-34-28(23)18(3)27(22)33-5/h6-15H,1-5H3,(H,30,31)/b17-12+. The number of rotatable bonds is 6. The van der Waals surface area contributed by atoms with Gasteiger partial charge in [0.15, 0.2) is 0 Å². The number of ether oxygens (including phenoxy) is 2. The number of benzene rings is 3. The van der Waals surface area contributed by atoms with E-state index in [0.717, 1.165) is 50.1 Å². The first-order valence-electron chi connectivity index (χ1n) is 10.8. The van der Waals surface area contributed by atoms with Crippen LogP contribution in [0.3, 0.4) is 0 Å². The van der Waals surface area contributed by atoms with Crippen molar-refractivity contribution in [3.8, 4) is 22.6 Å². The van der Waals surface area contributed by atoms with E-state index in [4.69, 9.17) is 25.5 Å². The lowest BCUT2D eigenvalue weighted by Crippen LogP contribution is -2.09. The third-order valence-corrected chi connectivity index (χ3v) is 6.27. The molecule has 1 aromatic heterocycles. The maximum absolute atomic E-state index is 12.7. The zero-order valence-electron chi connectivity index (χ0n) is 19.8. The van der Waals surface area contributed by atoms with Crippen molar-refractivity contribution in [2.75, 3.05) is 19.5 Å². The Morgan fingerprint density at radius 3 is 2.41 bits per heavy atom. The predicted molar refractivity (Wildman–Crippen MR) is 138 cm³/mol. The zero-order valence-corrected chi connectivity index (χ0v) is 20.5. The van der Waals surface area contributed by atoms with Crippen LogP contribution < -0.4 is 14.8 Å². The Morgan fingerprint density at radius 2 is 1.76 bits per heavy atom. The van der Waals surface area contributed by atoms with Crippen molar-refractivity contribution in [3.63, 3.8) is 0 Å². The highest BCUT2D eigenvalue weighted by Gasteiger charge is 2.19. The molecule has 0 saturated carbocycles. The largest absolute Gasteiger partial charge is 0.497 e. The summed E-state index contributed by atoms with van der Waals surface area (Å²) in [6.07, 6.45) is 3.31. The number of amides is 1. The minimum atomic E-state index is -0.250. The molecule has 0 fully saturated rings. The van der Waals surface area contributed by atoms with Gasteiger partial charge in [-0.25, -0.2) is 0 Å². The molecule has 0 radical (unpaired) electrons. The van der Waals surface area contributed by atoms with Gasteiger partial charge in [0.2, 0.25) is 5.91 Å². The number of anilines is 1. The van der Waals surface area contributed by atoms with E-state index in [2.05, 4.69) is 5.32 Å². The molecule has 0 aliphatic heterocycles. The molecule has 5 nitrogen and oxygen atoms in total. The van der Waals surface area contributed by atoms with E-state index in [-0.39, 0.29) is 5.91 Å². The van der Waals surface area contributed by atoms with Gasteiger partial charge in [-0.1, -0.05) is 29.8 Å². The summed E-state index contributed by atoms with van der Waals surface area (Å²) in [5.41, 5.74) is 6.75. The molecule has 0 spiro atoms. The Labute approximate surface area is 203 Å². The highest BCUT2D eigenvalue weighted by Crippen LogP contribution is 2.40.